The van der Waals surface area contributed by atoms with E-state index in [0.29, 0.717) is 19.6 Å². The molecule has 0 aromatic heterocycles. The second-order valence-corrected chi connectivity index (χ2v) is 7.58. The zero-order valence-electron chi connectivity index (χ0n) is 14.6. The minimum absolute atomic E-state index is 0. The number of amides is 1. The van der Waals surface area contributed by atoms with E-state index in [2.05, 4.69) is 0 Å². The number of nitrogens with two attached hydrogens (primary N) is 1. The third kappa shape index (κ3) is 5.19. The average Bonchev–Trinajstić information content (AvgIpc) is 2.61. The summed E-state index contributed by atoms with van der Waals surface area (Å²) in [6.07, 6.45) is 3.83. The molecule has 0 spiro atoms. The Labute approximate surface area is 160 Å². The topological polar surface area (TPSA) is 64.8 Å². The van der Waals surface area contributed by atoms with Gasteiger partial charge in [-0.25, -0.2) is 0 Å². The summed E-state index contributed by atoms with van der Waals surface area (Å²) < 4.78 is 11.1. The maximum absolute atomic E-state index is 12.5. The smallest absolute Gasteiger partial charge is 0.223 e. The maximum atomic E-state index is 12.5. The molecule has 25 heavy (non-hydrogen) atoms. The van der Waals surface area contributed by atoms with Gasteiger partial charge in [-0.2, -0.15) is 0 Å². The van der Waals surface area contributed by atoms with Crippen LogP contribution in [0.2, 0.25) is 0 Å². The average molecular weight is 387 g/mol. The quantitative estimate of drug-likeness (QED) is 0.788. The van der Waals surface area contributed by atoms with Gasteiger partial charge >= 0.3 is 0 Å². The van der Waals surface area contributed by atoms with Crippen LogP contribution >= 0.6 is 24.2 Å². The SMILES string of the molecule is CC(N)C1CCCCN1C(=O)CCSc1ccc2c(c1)OCCO2.Cl. The highest BCUT2D eigenvalue weighted by Gasteiger charge is 2.28. The number of piperidine rings is 1. The number of rotatable bonds is 5. The molecule has 7 heteroatoms. The van der Waals surface area contributed by atoms with Crippen molar-refractivity contribution in [1.82, 2.24) is 4.90 Å². The van der Waals surface area contributed by atoms with E-state index in [1.807, 2.05) is 30.0 Å². The Kier molecular flexibility index (Phi) is 7.72. The van der Waals surface area contributed by atoms with Crippen LogP contribution in [0.5, 0.6) is 11.5 Å². The van der Waals surface area contributed by atoms with Crippen LogP contribution in [0.15, 0.2) is 23.1 Å². The van der Waals surface area contributed by atoms with E-state index >= 15 is 0 Å². The lowest BCUT2D eigenvalue weighted by Gasteiger charge is -2.38. The van der Waals surface area contributed by atoms with Crippen molar-refractivity contribution < 1.29 is 14.3 Å². The molecule has 3 rings (SSSR count). The van der Waals surface area contributed by atoms with Crippen molar-refractivity contribution in [2.24, 2.45) is 5.73 Å². The predicted molar refractivity (Wildman–Crippen MR) is 103 cm³/mol. The van der Waals surface area contributed by atoms with Crippen molar-refractivity contribution in [2.75, 3.05) is 25.5 Å². The summed E-state index contributed by atoms with van der Waals surface area (Å²) >= 11 is 1.68. The van der Waals surface area contributed by atoms with Gasteiger partial charge in [0.15, 0.2) is 11.5 Å². The molecule has 2 unspecified atom stereocenters. The Balaban J connectivity index is 0.00000225. The van der Waals surface area contributed by atoms with Gasteiger partial charge in [-0.05, 0) is 44.4 Å². The molecule has 2 heterocycles. The number of nitrogens with zero attached hydrogens (tertiary/aromatic N) is 1. The van der Waals surface area contributed by atoms with Gasteiger partial charge in [0.1, 0.15) is 13.2 Å². The van der Waals surface area contributed by atoms with Crippen LogP contribution in [0.4, 0.5) is 0 Å². The molecule has 2 aliphatic heterocycles. The predicted octanol–water partition coefficient (Wildman–Crippen LogP) is 3.09. The Bertz CT molecular complexity index is 585. The zero-order valence-corrected chi connectivity index (χ0v) is 16.2. The van der Waals surface area contributed by atoms with E-state index in [4.69, 9.17) is 15.2 Å². The van der Waals surface area contributed by atoms with Gasteiger partial charge in [0.2, 0.25) is 5.91 Å². The Morgan fingerprint density at radius 2 is 2.08 bits per heavy atom. The molecule has 1 aromatic rings. The molecule has 0 saturated carbocycles. The van der Waals surface area contributed by atoms with E-state index in [-0.39, 0.29) is 30.4 Å². The van der Waals surface area contributed by atoms with Crippen LogP contribution in [-0.2, 0) is 4.79 Å². The first-order valence-corrected chi connectivity index (χ1v) is 9.71. The van der Waals surface area contributed by atoms with Crippen LogP contribution in [0.3, 0.4) is 0 Å². The fourth-order valence-electron chi connectivity index (χ4n) is 3.33. The maximum Gasteiger partial charge on any atom is 0.223 e. The van der Waals surface area contributed by atoms with Crippen molar-refractivity contribution in [3.63, 3.8) is 0 Å². The molecule has 0 radical (unpaired) electrons. The molecule has 5 nitrogen and oxygen atoms in total. The first kappa shape index (κ1) is 20.2. The summed E-state index contributed by atoms with van der Waals surface area (Å²) in [5, 5.41) is 0. The number of fused-ring (bicyclic) bond motifs is 1. The Morgan fingerprint density at radius 3 is 2.84 bits per heavy atom. The summed E-state index contributed by atoms with van der Waals surface area (Å²) in [6, 6.07) is 6.20. The van der Waals surface area contributed by atoms with Gasteiger partial charge < -0.3 is 20.1 Å². The number of carbonyl (C=O) groups excluding carboxylic acids is 1. The molecule has 2 N–H and O–H groups in total. The molecule has 2 aliphatic rings. The lowest BCUT2D eigenvalue weighted by Crippen LogP contribution is -2.51. The highest BCUT2D eigenvalue weighted by molar-refractivity contribution is 7.99. The van der Waals surface area contributed by atoms with Gasteiger partial charge in [0.05, 0.1) is 0 Å². The largest absolute Gasteiger partial charge is 0.486 e. The second kappa shape index (κ2) is 9.55. The number of hydrogen-bond donors (Lipinski definition) is 1. The molecule has 0 bridgehead atoms. The monoisotopic (exact) mass is 386 g/mol. The van der Waals surface area contributed by atoms with Gasteiger partial charge in [-0.15, -0.1) is 24.2 Å². The fourth-order valence-corrected chi connectivity index (χ4v) is 4.19. The number of carbonyl (C=O) groups is 1. The summed E-state index contributed by atoms with van der Waals surface area (Å²) in [4.78, 5) is 15.7. The van der Waals surface area contributed by atoms with Gasteiger partial charge in [0.25, 0.3) is 0 Å². The lowest BCUT2D eigenvalue weighted by molar-refractivity contribution is -0.134. The molecule has 1 saturated heterocycles. The van der Waals surface area contributed by atoms with Crippen molar-refractivity contribution in [3.05, 3.63) is 18.2 Å². The van der Waals surface area contributed by atoms with E-state index in [1.165, 1.54) is 6.42 Å². The molecule has 140 valence electrons. The normalized spacial score (nSPS) is 20.6. The highest BCUT2D eigenvalue weighted by Crippen LogP contribution is 2.34. The number of hydrogen-bond acceptors (Lipinski definition) is 5. The van der Waals surface area contributed by atoms with E-state index < -0.39 is 0 Å². The standard InChI is InChI=1S/C18H26N2O3S.ClH/c1-13(19)15-4-2-3-8-20(15)18(21)7-11-24-14-5-6-16-17(12-14)23-10-9-22-16;/h5-6,12-13,15H,2-4,7-11,19H2,1H3;1H. The van der Waals surface area contributed by atoms with Crippen molar-refractivity contribution in [1.29, 1.82) is 0 Å². The minimum Gasteiger partial charge on any atom is -0.486 e. The third-order valence-electron chi connectivity index (χ3n) is 4.57. The van der Waals surface area contributed by atoms with Gasteiger partial charge in [0, 0.05) is 35.7 Å². The van der Waals surface area contributed by atoms with Gasteiger partial charge in [-0.1, -0.05) is 0 Å². The number of ether oxygens (including phenoxy) is 2. The van der Waals surface area contributed by atoms with Crippen LogP contribution in [0.25, 0.3) is 0 Å². The lowest BCUT2D eigenvalue weighted by atomic mass is 9.96. The summed E-state index contributed by atoms with van der Waals surface area (Å²) in [5.74, 6) is 2.59. The molecular weight excluding hydrogens is 360 g/mol. The summed E-state index contributed by atoms with van der Waals surface area (Å²) in [6.45, 7) is 4.04. The summed E-state index contributed by atoms with van der Waals surface area (Å²) in [5.41, 5.74) is 6.06. The fraction of sp³-hybridized carbons (Fsp3) is 0.611. The third-order valence-corrected chi connectivity index (χ3v) is 5.57. The first-order valence-electron chi connectivity index (χ1n) is 8.72. The van der Waals surface area contributed by atoms with E-state index in [1.54, 1.807) is 11.8 Å². The van der Waals surface area contributed by atoms with Crippen molar-refractivity contribution in [3.8, 4) is 11.5 Å². The first-order chi connectivity index (χ1) is 11.6. The molecular formula is C18H27ClN2O3S. The van der Waals surface area contributed by atoms with Crippen LogP contribution in [0.1, 0.15) is 32.6 Å². The molecule has 1 aromatic carbocycles. The molecule has 1 amide bonds. The number of thioether (sulfide) groups is 1. The minimum atomic E-state index is 0. The van der Waals surface area contributed by atoms with Crippen molar-refractivity contribution in [2.45, 2.75) is 49.6 Å². The number of halogens is 1. The second-order valence-electron chi connectivity index (χ2n) is 6.41. The number of benzene rings is 1. The van der Waals surface area contributed by atoms with E-state index in [9.17, 15) is 4.79 Å². The molecule has 1 fully saturated rings. The van der Waals surface area contributed by atoms with Crippen LogP contribution in [-0.4, -0.2) is 48.4 Å². The van der Waals surface area contributed by atoms with Crippen LogP contribution < -0.4 is 15.2 Å². The van der Waals surface area contributed by atoms with Crippen LogP contribution in [0, 0.1) is 0 Å². The van der Waals surface area contributed by atoms with Crippen molar-refractivity contribution >= 4 is 30.1 Å². The highest BCUT2D eigenvalue weighted by atomic mass is 35.5. The van der Waals surface area contributed by atoms with Gasteiger partial charge in [-0.3, -0.25) is 4.79 Å². The Morgan fingerprint density at radius 1 is 1.32 bits per heavy atom. The molecule has 0 aliphatic carbocycles. The van der Waals surface area contributed by atoms with E-state index in [0.717, 1.165) is 41.5 Å². The molecule has 2 atom stereocenters. The summed E-state index contributed by atoms with van der Waals surface area (Å²) in [7, 11) is 0. The number of likely N-dealkylation sites (tertiary alicyclic amines) is 1. The zero-order chi connectivity index (χ0) is 16.9. The Hall–Kier alpha value is -1.11.